The second-order valence-electron chi connectivity index (χ2n) is 1.90. The number of carbonyl (C=O) groups excluding carboxylic acids is 1. The van der Waals surface area contributed by atoms with Crippen molar-refractivity contribution in [2.24, 2.45) is 0 Å². The molecule has 0 aliphatic carbocycles. The molecule has 1 amide bonds. The largest absolute Gasteiger partial charge is 0.383 e. The van der Waals surface area contributed by atoms with Crippen molar-refractivity contribution in [3.63, 3.8) is 0 Å². The Bertz CT molecular complexity index is 127. The van der Waals surface area contributed by atoms with Crippen molar-refractivity contribution in [1.29, 1.82) is 0 Å². The first-order valence-corrected chi connectivity index (χ1v) is 3.32. The smallest absolute Gasteiger partial charge is 0.220 e. The lowest BCUT2D eigenvalue weighted by Gasteiger charge is -1.89. The standard InChI is InChI=1S/C7H14NO/c1-4-6-8(5-2)7(3)9/h6H,4-5H2,1-3H3/q+1/i1+1,2+1,5+1. The molecule has 0 radical (unpaired) electrons. The Hall–Kier alpha value is -0.660. The van der Waals surface area contributed by atoms with Gasteiger partial charge in [0.15, 0.2) is 0 Å². The number of amides is 1. The molecule has 0 aromatic heterocycles. The van der Waals surface area contributed by atoms with E-state index in [1.807, 2.05) is 20.1 Å². The van der Waals surface area contributed by atoms with Gasteiger partial charge in [0.05, 0.1) is 6.92 Å². The van der Waals surface area contributed by atoms with Gasteiger partial charge in [0.2, 0.25) is 0 Å². The zero-order valence-corrected chi connectivity index (χ0v) is 6.35. The van der Waals surface area contributed by atoms with Crippen molar-refractivity contribution in [3.05, 3.63) is 0 Å². The van der Waals surface area contributed by atoms with E-state index >= 15 is 0 Å². The number of nitrogens with zero attached hydrogens (tertiary/aromatic N) is 1. The molecule has 0 rings (SSSR count). The molecule has 0 atom stereocenters. The molecule has 2 heteroatoms. The van der Waals surface area contributed by atoms with Crippen LogP contribution in [0.4, 0.5) is 0 Å². The molecular weight excluding hydrogens is 117 g/mol. The molecule has 0 aromatic carbocycles. The van der Waals surface area contributed by atoms with Crippen molar-refractivity contribution in [3.8, 4) is 0 Å². The molecule has 0 unspecified atom stereocenters. The van der Waals surface area contributed by atoms with Gasteiger partial charge >= 0.3 is 5.91 Å². The summed E-state index contributed by atoms with van der Waals surface area (Å²) < 4.78 is 1.71. The summed E-state index contributed by atoms with van der Waals surface area (Å²) in [5, 5.41) is 0. The van der Waals surface area contributed by atoms with Crippen molar-refractivity contribution < 1.29 is 9.37 Å². The predicted molar refractivity (Wildman–Crippen MR) is 37.8 cm³/mol. The third kappa shape index (κ3) is 3.01. The summed E-state index contributed by atoms with van der Waals surface area (Å²) in [5.41, 5.74) is 0. The van der Waals surface area contributed by atoms with Gasteiger partial charge < -0.3 is 0 Å². The topological polar surface area (TPSA) is 20.1 Å². The Morgan fingerprint density at radius 3 is 2.22 bits per heavy atom. The third-order valence-electron chi connectivity index (χ3n) is 1.15. The fraction of sp³-hybridized carbons (Fsp3) is 0.714. The zero-order valence-electron chi connectivity index (χ0n) is 6.35. The lowest BCUT2D eigenvalue weighted by atomic mass is 10.6. The maximum Gasteiger partial charge on any atom is 0.383 e. The number of hydrogen-bond donors (Lipinski definition) is 0. The molecule has 0 bridgehead atoms. The quantitative estimate of drug-likeness (QED) is 0.311. The predicted octanol–water partition coefficient (Wildman–Crippen LogP) is 1.05. The molecule has 52 valence electrons. The lowest BCUT2D eigenvalue weighted by molar-refractivity contribution is -0.440. The Morgan fingerprint density at radius 1 is 1.56 bits per heavy atom. The van der Waals surface area contributed by atoms with Crippen LogP contribution in [0.3, 0.4) is 0 Å². The summed E-state index contributed by atoms with van der Waals surface area (Å²) in [6, 6.07) is 0. The van der Waals surface area contributed by atoms with E-state index < -0.39 is 0 Å². The van der Waals surface area contributed by atoms with Gasteiger partial charge in [0, 0.05) is 6.42 Å². The Kier molecular flexibility index (Phi) is 3.93. The van der Waals surface area contributed by atoms with E-state index in [2.05, 4.69) is 0 Å². The van der Waals surface area contributed by atoms with Gasteiger partial charge in [-0.05, 0) is 6.92 Å². The summed E-state index contributed by atoms with van der Waals surface area (Å²) in [6.07, 6.45) is 2.83. The molecule has 2 nitrogen and oxygen atoms in total. The average molecular weight is 131 g/mol. The Balaban J connectivity index is 3.98. The normalized spacial score (nSPS) is 11.7. The number of carbonyl (C=O) groups is 1. The van der Waals surface area contributed by atoms with E-state index in [9.17, 15) is 4.79 Å². The fourth-order valence-electron chi connectivity index (χ4n) is 0.701. The van der Waals surface area contributed by atoms with Crippen LogP contribution in [0.2, 0.25) is 0 Å². The highest BCUT2D eigenvalue weighted by atomic mass is 16.2. The van der Waals surface area contributed by atoms with Crippen LogP contribution in [-0.4, -0.2) is 23.2 Å². The molecule has 0 aromatic rings. The highest BCUT2D eigenvalue weighted by molar-refractivity contribution is 5.69. The minimum Gasteiger partial charge on any atom is -0.220 e. The van der Waals surface area contributed by atoms with Crippen LogP contribution in [0, 0.1) is 0 Å². The van der Waals surface area contributed by atoms with Crippen LogP contribution in [0.15, 0.2) is 0 Å². The second kappa shape index (κ2) is 4.24. The molecule has 0 saturated carbocycles. The second-order valence-corrected chi connectivity index (χ2v) is 1.90. The van der Waals surface area contributed by atoms with Gasteiger partial charge in [-0.3, -0.25) is 0 Å². The molecule has 0 heterocycles. The van der Waals surface area contributed by atoms with Crippen LogP contribution >= 0.6 is 0 Å². The van der Waals surface area contributed by atoms with Crippen molar-refractivity contribution in [1.82, 2.24) is 0 Å². The van der Waals surface area contributed by atoms with Gasteiger partial charge in [-0.2, -0.15) is 4.58 Å². The molecule has 0 N–H and O–H groups in total. The van der Waals surface area contributed by atoms with Crippen LogP contribution in [0.1, 0.15) is 27.2 Å². The maximum atomic E-state index is 10.7. The third-order valence-corrected chi connectivity index (χ3v) is 1.15. The van der Waals surface area contributed by atoms with Gasteiger partial charge in [-0.15, -0.1) is 0 Å². The van der Waals surface area contributed by atoms with E-state index in [-0.39, 0.29) is 5.91 Å². The van der Waals surface area contributed by atoms with Crippen LogP contribution in [0.5, 0.6) is 0 Å². The van der Waals surface area contributed by atoms with Crippen molar-refractivity contribution in [2.75, 3.05) is 6.54 Å². The fourth-order valence-corrected chi connectivity index (χ4v) is 0.701. The molecule has 0 spiro atoms. The highest BCUT2D eigenvalue weighted by Gasteiger charge is 2.04. The zero-order chi connectivity index (χ0) is 7.28. The van der Waals surface area contributed by atoms with Crippen molar-refractivity contribution in [2.45, 2.75) is 27.2 Å². The molecule has 0 aliphatic rings. The summed E-state index contributed by atoms with van der Waals surface area (Å²) in [5.74, 6) is 0.124. The van der Waals surface area contributed by atoms with E-state index in [1.165, 1.54) is 0 Å². The maximum absolute atomic E-state index is 10.7. The van der Waals surface area contributed by atoms with Crippen LogP contribution in [0.25, 0.3) is 0 Å². The molecule has 9 heavy (non-hydrogen) atoms. The van der Waals surface area contributed by atoms with E-state index in [0.29, 0.717) is 0 Å². The average Bonchev–Trinajstić information content (AvgIpc) is 1.82. The van der Waals surface area contributed by atoms with Gasteiger partial charge in [0.25, 0.3) is 0 Å². The first-order valence-electron chi connectivity index (χ1n) is 3.32. The summed E-state index contributed by atoms with van der Waals surface area (Å²) in [6.45, 7) is 6.35. The molecule has 0 saturated heterocycles. The molecule has 0 fully saturated rings. The first-order chi connectivity index (χ1) is 4.22. The first kappa shape index (κ1) is 8.34. The number of hydrogen-bond acceptors (Lipinski definition) is 1. The minimum atomic E-state index is 0.124. The van der Waals surface area contributed by atoms with Gasteiger partial charge in [-0.25, -0.2) is 4.79 Å². The SMILES string of the molecule is CC(=O)[N+](=CC[13CH3])[13CH2][13CH3]. The summed E-state index contributed by atoms with van der Waals surface area (Å²) >= 11 is 0. The Labute approximate surface area is 56.2 Å². The van der Waals surface area contributed by atoms with E-state index in [4.69, 9.17) is 0 Å². The van der Waals surface area contributed by atoms with Crippen LogP contribution in [-0.2, 0) is 4.79 Å². The van der Waals surface area contributed by atoms with E-state index in [0.717, 1.165) is 13.0 Å². The monoisotopic (exact) mass is 131 g/mol. The Morgan fingerprint density at radius 2 is 2.11 bits per heavy atom. The molecular formula is C7H14NO+. The minimum absolute atomic E-state index is 0.124. The van der Waals surface area contributed by atoms with E-state index in [1.54, 1.807) is 11.5 Å². The summed E-state index contributed by atoms with van der Waals surface area (Å²) in [7, 11) is 0. The van der Waals surface area contributed by atoms with Crippen LogP contribution < -0.4 is 0 Å². The lowest BCUT2D eigenvalue weighted by Crippen LogP contribution is -2.17. The van der Waals surface area contributed by atoms with Gasteiger partial charge in [0.1, 0.15) is 12.8 Å². The highest BCUT2D eigenvalue weighted by Crippen LogP contribution is 1.76. The summed E-state index contributed by atoms with van der Waals surface area (Å²) in [4.78, 5) is 10.7. The number of rotatable bonds is 2. The molecule has 0 aliphatic heterocycles. The van der Waals surface area contributed by atoms with Crippen molar-refractivity contribution >= 4 is 12.1 Å². The van der Waals surface area contributed by atoms with Gasteiger partial charge in [-0.1, -0.05) is 6.92 Å².